The second-order valence-corrected chi connectivity index (χ2v) is 7.63. The van der Waals surface area contributed by atoms with Crippen LogP contribution < -0.4 is 5.32 Å². The fourth-order valence-electron chi connectivity index (χ4n) is 1.80. The first-order valence-corrected chi connectivity index (χ1v) is 9.29. The Bertz CT molecular complexity index is 342. The summed E-state index contributed by atoms with van der Waals surface area (Å²) in [5.74, 6) is 1.28. The first kappa shape index (κ1) is 16.6. The van der Waals surface area contributed by atoms with Crippen LogP contribution in [0.15, 0.2) is 6.07 Å². The van der Waals surface area contributed by atoms with Gasteiger partial charge in [0, 0.05) is 6.04 Å². The van der Waals surface area contributed by atoms with Crippen molar-refractivity contribution in [1.29, 1.82) is 0 Å². The maximum atomic E-state index is 6.13. The molecule has 0 saturated heterocycles. The zero-order valence-corrected chi connectivity index (χ0v) is 14.1. The molecule has 0 aromatic carbocycles. The van der Waals surface area contributed by atoms with Gasteiger partial charge < -0.3 is 5.32 Å². The molecule has 0 saturated carbocycles. The molecule has 0 amide bonds. The Kier molecular flexibility index (Phi) is 8.77. The van der Waals surface area contributed by atoms with Crippen LogP contribution in [0.5, 0.6) is 0 Å². The maximum Gasteiger partial charge on any atom is 0.0991 e. The number of thiophene rings is 1. The van der Waals surface area contributed by atoms with Crippen LogP contribution in [0.2, 0.25) is 8.67 Å². The van der Waals surface area contributed by atoms with Crippen molar-refractivity contribution in [1.82, 2.24) is 5.32 Å². The van der Waals surface area contributed by atoms with Crippen LogP contribution in [0.1, 0.15) is 44.2 Å². The van der Waals surface area contributed by atoms with Gasteiger partial charge in [0.2, 0.25) is 0 Å². The number of nitrogens with one attached hydrogen (secondary N) is 1. The number of hydrogen-bond donors (Lipinski definition) is 1. The minimum absolute atomic E-state index is 0.285. The van der Waals surface area contributed by atoms with Gasteiger partial charge in [0.1, 0.15) is 0 Å². The minimum atomic E-state index is 0.285. The molecule has 0 aliphatic rings. The molecule has 0 aliphatic heterocycles. The van der Waals surface area contributed by atoms with Crippen molar-refractivity contribution in [2.45, 2.75) is 38.6 Å². The highest BCUT2D eigenvalue weighted by Crippen LogP contribution is 2.34. The fraction of sp³-hybridized carbons (Fsp3) is 0.692. The molecule has 104 valence electrons. The summed E-state index contributed by atoms with van der Waals surface area (Å²) in [6.45, 7) is 3.18. The lowest BCUT2D eigenvalue weighted by Gasteiger charge is -2.12. The fourth-order valence-corrected chi connectivity index (χ4v) is 3.94. The summed E-state index contributed by atoms with van der Waals surface area (Å²) in [6, 6.07) is 2.25. The van der Waals surface area contributed by atoms with Crippen molar-refractivity contribution in [3.63, 3.8) is 0 Å². The molecule has 1 heterocycles. The highest BCUT2D eigenvalue weighted by molar-refractivity contribution is 7.98. The molecule has 1 atom stereocenters. The first-order valence-electron chi connectivity index (χ1n) is 6.32. The largest absolute Gasteiger partial charge is 0.310 e. The van der Waals surface area contributed by atoms with E-state index in [-0.39, 0.29) is 6.04 Å². The Hall–Kier alpha value is 0.590. The van der Waals surface area contributed by atoms with Crippen molar-refractivity contribution in [3.8, 4) is 0 Å². The van der Waals surface area contributed by atoms with Gasteiger partial charge in [-0.25, -0.2) is 0 Å². The summed E-state index contributed by atoms with van der Waals surface area (Å²) in [5.41, 5.74) is 1.12. The van der Waals surface area contributed by atoms with Gasteiger partial charge in [-0.3, -0.25) is 0 Å². The lowest BCUT2D eigenvalue weighted by molar-refractivity contribution is 0.538. The summed E-state index contributed by atoms with van der Waals surface area (Å²) in [7, 11) is 0. The van der Waals surface area contributed by atoms with Gasteiger partial charge in [0.15, 0.2) is 0 Å². The second-order valence-electron chi connectivity index (χ2n) is 4.36. The highest BCUT2D eigenvalue weighted by Gasteiger charge is 2.12. The number of hydrogen-bond acceptors (Lipinski definition) is 3. The quantitative estimate of drug-likeness (QED) is 0.590. The van der Waals surface area contributed by atoms with E-state index >= 15 is 0 Å². The zero-order chi connectivity index (χ0) is 13.4. The molecule has 1 N–H and O–H groups in total. The molecule has 1 rings (SSSR count). The summed E-state index contributed by atoms with van der Waals surface area (Å²) in [5, 5.41) is 3.50. The molecule has 0 fully saturated rings. The van der Waals surface area contributed by atoms with E-state index in [0.29, 0.717) is 0 Å². The third-order valence-electron chi connectivity index (χ3n) is 2.88. The standard InChI is InChI=1S/C13H21Cl2NS2/c1-10(11-9-12(14)18-13(11)15)16-7-5-3-4-6-8-17-2/h9-10,16H,3-8H2,1-2H3. The van der Waals surface area contributed by atoms with E-state index < -0.39 is 0 Å². The number of rotatable bonds is 9. The summed E-state index contributed by atoms with van der Waals surface area (Å²) in [6.07, 6.45) is 7.37. The van der Waals surface area contributed by atoms with Crippen LogP contribution in [0.4, 0.5) is 0 Å². The van der Waals surface area contributed by atoms with Gasteiger partial charge in [-0.2, -0.15) is 11.8 Å². The normalized spacial score (nSPS) is 12.9. The van der Waals surface area contributed by atoms with Gasteiger partial charge in [0.05, 0.1) is 8.67 Å². The summed E-state index contributed by atoms with van der Waals surface area (Å²) >= 11 is 15.4. The van der Waals surface area contributed by atoms with E-state index in [1.54, 1.807) is 0 Å². The molecular weight excluding hydrogens is 305 g/mol. The summed E-state index contributed by atoms with van der Waals surface area (Å²) in [4.78, 5) is 0. The Morgan fingerprint density at radius 3 is 2.61 bits per heavy atom. The molecule has 0 radical (unpaired) electrons. The number of thioether (sulfide) groups is 1. The van der Waals surface area contributed by atoms with E-state index in [4.69, 9.17) is 23.2 Å². The van der Waals surface area contributed by atoms with Crippen LogP contribution in [0.3, 0.4) is 0 Å². The second kappa shape index (κ2) is 9.49. The maximum absolute atomic E-state index is 6.13. The Balaban J connectivity index is 2.14. The lowest BCUT2D eigenvalue weighted by atomic mass is 10.1. The molecule has 1 aromatic rings. The van der Waals surface area contributed by atoms with E-state index in [0.717, 1.165) is 20.8 Å². The zero-order valence-electron chi connectivity index (χ0n) is 11.0. The third kappa shape index (κ3) is 6.16. The topological polar surface area (TPSA) is 12.0 Å². The van der Waals surface area contributed by atoms with Gasteiger partial charge in [-0.05, 0) is 49.9 Å². The van der Waals surface area contributed by atoms with E-state index in [1.165, 1.54) is 42.8 Å². The molecule has 1 nitrogen and oxygen atoms in total. The highest BCUT2D eigenvalue weighted by atomic mass is 35.5. The van der Waals surface area contributed by atoms with Crippen LogP contribution in [-0.4, -0.2) is 18.6 Å². The van der Waals surface area contributed by atoms with Crippen molar-refractivity contribution in [3.05, 3.63) is 20.3 Å². The predicted molar refractivity (Wildman–Crippen MR) is 87.6 cm³/mol. The molecular formula is C13H21Cl2NS2. The molecule has 1 unspecified atom stereocenters. The van der Waals surface area contributed by atoms with Crippen molar-refractivity contribution in [2.24, 2.45) is 0 Å². The molecule has 18 heavy (non-hydrogen) atoms. The monoisotopic (exact) mass is 325 g/mol. The van der Waals surface area contributed by atoms with Crippen LogP contribution in [0.25, 0.3) is 0 Å². The van der Waals surface area contributed by atoms with Gasteiger partial charge in [-0.1, -0.05) is 36.0 Å². The smallest absolute Gasteiger partial charge is 0.0991 e. The van der Waals surface area contributed by atoms with E-state index in [1.807, 2.05) is 17.8 Å². The van der Waals surface area contributed by atoms with Crippen LogP contribution >= 0.6 is 46.3 Å². The van der Waals surface area contributed by atoms with Crippen LogP contribution in [0, 0.1) is 0 Å². The van der Waals surface area contributed by atoms with Crippen molar-refractivity contribution in [2.75, 3.05) is 18.6 Å². The van der Waals surface area contributed by atoms with E-state index in [2.05, 4.69) is 18.5 Å². The third-order valence-corrected chi connectivity index (χ3v) is 5.09. The Morgan fingerprint density at radius 1 is 1.28 bits per heavy atom. The molecule has 0 spiro atoms. The van der Waals surface area contributed by atoms with Crippen molar-refractivity contribution >= 4 is 46.3 Å². The molecule has 5 heteroatoms. The van der Waals surface area contributed by atoms with E-state index in [9.17, 15) is 0 Å². The van der Waals surface area contributed by atoms with Gasteiger partial charge >= 0.3 is 0 Å². The molecule has 0 aliphatic carbocycles. The Morgan fingerprint density at radius 2 is 2.00 bits per heavy atom. The predicted octanol–water partition coefficient (Wildman–Crippen LogP) is 5.63. The first-order chi connectivity index (χ1) is 8.65. The Labute approximate surface area is 129 Å². The van der Waals surface area contributed by atoms with Crippen LogP contribution in [-0.2, 0) is 0 Å². The SMILES string of the molecule is CSCCCCCCNC(C)c1cc(Cl)sc1Cl. The average molecular weight is 326 g/mol. The molecule has 1 aromatic heterocycles. The number of halogens is 2. The minimum Gasteiger partial charge on any atom is -0.310 e. The number of unbranched alkanes of at least 4 members (excludes halogenated alkanes) is 3. The van der Waals surface area contributed by atoms with Gasteiger partial charge in [0.25, 0.3) is 0 Å². The average Bonchev–Trinajstić information content (AvgIpc) is 2.67. The van der Waals surface area contributed by atoms with Gasteiger partial charge in [-0.15, -0.1) is 11.3 Å². The molecule has 0 bridgehead atoms. The summed E-state index contributed by atoms with van der Waals surface area (Å²) < 4.78 is 1.57. The lowest BCUT2D eigenvalue weighted by Crippen LogP contribution is -2.19. The van der Waals surface area contributed by atoms with Crippen molar-refractivity contribution < 1.29 is 0 Å².